The van der Waals surface area contributed by atoms with Crippen LogP contribution in [-0.4, -0.2) is 28.1 Å². The Morgan fingerprint density at radius 2 is 1.81 bits per heavy atom. The predicted octanol–water partition coefficient (Wildman–Crippen LogP) is 5.79. The first-order chi connectivity index (χ1) is 15.5. The van der Waals surface area contributed by atoms with Crippen molar-refractivity contribution in [3.63, 3.8) is 0 Å². The summed E-state index contributed by atoms with van der Waals surface area (Å²) in [4.78, 5) is 15.4. The summed E-state index contributed by atoms with van der Waals surface area (Å²) in [6.45, 7) is 2.54. The van der Waals surface area contributed by atoms with Gasteiger partial charge in [0, 0.05) is 22.7 Å². The van der Waals surface area contributed by atoms with Gasteiger partial charge in [-0.05, 0) is 54.4 Å². The fourth-order valence-corrected chi connectivity index (χ4v) is 4.44. The van der Waals surface area contributed by atoms with Gasteiger partial charge in [0.2, 0.25) is 0 Å². The minimum Gasteiger partial charge on any atom is -0.497 e. The molecule has 32 heavy (non-hydrogen) atoms. The van der Waals surface area contributed by atoms with Crippen LogP contribution in [0.15, 0.2) is 72.8 Å². The molecule has 4 aromatic rings. The van der Waals surface area contributed by atoms with Crippen molar-refractivity contribution in [2.75, 3.05) is 7.11 Å². The third-order valence-corrected chi connectivity index (χ3v) is 6.10. The normalized spacial score (nSPS) is 15.2. The van der Waals surface area contributed by atoms with Crippen LogP contribution in [0.1, 0.15) is 38.8 Å². The van der Waals surface area contributed by atoms with Crippen LogP contribution in [-0.2, 0) is 6.54 Å². The number of nitrogens with one attached hydrogen (secondary N) is 1. The van der Waals surface area contributed by atoms with E-state index in [2.05, 4.69) is 41.4 Å². The zero-order valence-corrected chi connectivity index (χ0v) is 18.6. The number of aryl methyl sites for hydroxylation is 1. The lowest BCUT2D eigenvalue weighted by atomic mass is 9.96. The molecule has 1 amide bonds. The standard InChI is InChI=1S/C26H22ClN3O2/c1-16-6-8-17(9-7-16)15-30-25(19-4-3-5-20(27)14-19)22-23(28-29-24(22)26(30)31)18-10-12-21(32-2)13-11-18/h3-14,25H,15H2,1-2H3,(H,28,29). The monoisotopic (exact) mass is 443 g/mol. The Hall–Kier alpha value is -3.57. The van der Waals surface area contributed by atoms with Gasteiger partial charge >= 0.3 is 0 Å². The number of carbonyl (C=O) groups is 1. The second-order valence-corrected chi connectivity index (χ2v) is 8.40. The fraction of sp³-hybridized carbons (Fsp3) is 0.154. The van der Waals surface area contributed by atoms with Crippen LogP contribution in [0.2, 0.25) is 5.02 Å². The Morgan fingerprint density at radius 1 is 1.06 bits per heavy atom. The fourth-order valence-electron chi connectivity index (χ4n) is 4.24. The SMILES string of the molecule is COc1ccc(-c2n[nH]c3c2C(c2cccc(Cl)c2)N(Cc2ccc(C)cc2)C3=O)cc1. The minimum atomic E-state index is -0.298. The summed E-state index contributed by atoms with van der Waals surface area (Å²) in [6, 6.07) is 23.3. The van der Waals surface area contributed by atoms with Crippen LogP contribution >= 0.6 is 11.6 Å². The molecule has 0 spiro atoms. The molecule has 1 aliphatic rings. The summed E-state index contributed by atoms with van der Waals surface area (Å²) < 4.78 is 5.29. The van der Waals surface area contributed by atoms with Gasteiger partial charge in [0.15, 0.2) is 0 Å². The number of rotatable bonds is 5. The molecular formula is C26H22ClN3O2. The molecule has 1 unspecified atom stereocenters. The Morgan fingerprint density at radius 3 is 2.50 bits per heavy atom. The molecule has 1 aliphatic heterocycles. The number of H-pyrrole nitrogens is 1. The van der Waals surface area contributed by atoms with Gasteiger partial charge in [0.25, 0.3) is 5.91 Å². The van der Waals surface area contributed by atoms with Gasteiger partial charge < -0.3 is 9.64 Å². The number of methoxy groups -OCH3 is 1. The number of aromatic amines is 1. The van der Waals surface area contributed by atoms with Crippen molar-refractivity contribution in [3.05, 3.63) is 106 Å². The summed E-state index contributed by atoms with van der Waals surface area (Å²) in [6.07, 6.45) is 0. The van der Waals surface area contributed by atoms with Crippen LogP contribution in [0.3, 0.4) is 0 Å². The van der Waals surface area contributed by atoms with E-state index in [1.54, 1.807) is 7.11 Å². The summed E-state index contributed by atoms with van der Waals surface area (Å²) in [5, 5.41) is 8.15. The van der Waals surface area contributed by atoms with E-state index in [1.807, 2.05) is 53.4 Å². The number of nitrogens with zero attached hydrogens (tertiary/aromatic N) is 2. The van der Waals surface area contributed by atoms with E-state index in [4.69, 9.17) is 16.3 Å². The van der Waals surface area contributed by atoms with E-state index in [9.17, 15) is 4.79 Å². The number of amides is 1. The van der Waals surface area contributed by atoms with Gasteiger partial charge in [0.1, 0.15) is 11.4 Å². The smallest absolute Gasteiger partial charge is 0.273 e. The zero-order valence-electron chi connectivity index (χ0n) is 17.8. The first-order valence-electron chi connectivity index (χ1n) is 10.4. The van der Waals surface area contributed by atoms with Crippen molar-refractivity contribution >= 4 is 17.5 Å². The molecule has 5 nitrogen and oxygen atoms in total. The summed E-state index contributed by atoms with van der Waals surface area (Å²) in [7, 11) is 1.64. The molecule has 160 valence electrons. The van der Waals surface area contributed by atoms with E-state index in [0.29, 0.717) is 17.3 Å². The third kappa shape index (κ3) is 3.55. The summed E-state index contributed by atoms with van der Waals surface area (Å²) in [5.41, 5.74) is 6.27. The Bertz CT molecular complexity index is 1280. The molecular weight excluding hydrogens is 422 g/mol. The van der Waals surface area contributed by atoms with Gasteiger partial charge in [-0.15, -0.1) is 0 Å². The lowest BCUT2D eigenvalue weighted by molar-refractivity contribution is 0.0730. The van der Waals surface area contributed by atoms with Gasteiger partial charge in [-0.3, -0.25) is 9.89 Å². The predicted molar refractivity (Wildman–Crippen MR) is 125 cm³/mol. The highest BCUT2D eigenvalue weighted by molar-refractivity contribution is 6.30. The van der Waals surface area contributed by atoms with Crippen molar-refractivity contribution < 1.29 is 9.53 Å². The number of hydrogen-bond donors (Lipinski definition) is 1. The number of aromatic nitrogens is 2. The van der Waals surface area contributed by atoms with Crippen LogP contribution in [0.5, 0.6) is 5.75 Å². The molecule has 0 bridgehead atoms. The highest BCUT2D eigenvalue weighted by Gasteiger charge is 2.42. The first kappa shape index (κ1) is 20.3. The summed E-state index contributed by atoms with van der Waals surface area (Å²) >= 11 is 6.34. The molecule has 5 rings (SSSR count). The van der Waals surface area contributed by atoms with E-state index in [1.165, 1.54) is 5.56 Å². The molecule has 0 aliphatic carbocycles. The lowest BCUT2D eigenvalue weighted by Gasteiger charge is -2.26. The van der Waals surface area contributed by atoms with Crippen molar-refractivity contribution in [2.45, 2.75) is 19.5 Å². The quantitative estimate of drug-likeness (QED) is 0.424. The third-order valence-electron chi connectivity index (χ3n) is 5.87. The average Bonchev–Trinajstić information content (AvgIpc) is 3.35. The second-order valence-electron chi connectivity index (χ2n) is 7.97. The Balaban J connectivity index is 1.62. The van der Waals surface area contributed by atoms with Crippen LogP contribution in [0, 0.1) is 6.92 Å². The lowest BCUT2D eigenvalue weighted by Crippen LogP contribution is -2.29. The maximum Gasteiger partial charge on any atom is 0.273 e. The average molecular weight is 444 g/mol. The molecule has 0 saturated carbocycles. The van der Waals surface area contributed by atoms with E-state index in [-0.39, 0.29) is 11.9 Å². The Kier molecular flexibility index (Phi) is 5.19. The number of fused-ring (bicyclic) bond motifs is 1. The molecule has 0 fully saturated rings. The maximum absolute atomic E-state index is 13.5. The molecule has 0 radical (unpaired) electrons. The highest BCUT2D eigenvalue weighted by atomic mass is 35.5. The number of benzene rings is 3. The van der Waals surface area contributed by atoms with E-state index < -0.39 is 0 Å². The van der Waals surface area contributed by atoms with Gasteiger partial charge in [-0.25, -0.2) is 0 Å². The van der Waals surface area contributed by atoms with E-state index >= 15 is 0 Å². The molecule has 1 N–H and O–H groups in total. The largest absolute Gasteiger partial charge is 0.497 e. The summed E-state index contributed by atoms with van der Waals surface area (Å²) in [5.74, 6) is 0.696. The van der Waals surface area contributed by atoms with Crippen molar-refractivity contribution in [2.24, 2.45) is 0 Å². The van der Waals surface area contributed by atoms with E-state index in [0.717, 1.165) is 33.7 Å². The molecule has 1 aromatic heterocycles. The molecule has 2 heterocycles. The van der Waals surface area contributed by atoms with Crippen molar-refractivity contribution in [1.82, 2.24) is 15.1 Å². The number of ether oxygens (including phenoxy) is 1. The Labute approximate surface area is 191 Å². The number of hydrogen-bond acceptors (Lipinski definition) is 3. The van der Waals surface area contributed by atoms with Crippen LogP contribution in [0.4, 0.5) is 0 Å². The van der Waals surface area contributed by atoms with Crippen molar-refractivity contribution in [3.8, 4) is 17.0 Å². The molecule has 3 aromatic carbocycles. The topological polar surface area (TPSA) is 58.2 Å². The van der Waals surface area contributed by atoms with Crippen molar-refractivity contribution in [1.29, 1.82) is 0 Å². The van der Waals surface area contributed by atoms with Gasteiger partial charge in [-0.1, -0.05) is 53.6 Å². The first-order valence-corrected chi connectivity index (χ1v) is 10.8. The minimum absolute atomic E-state index is 0.0715. The number of halogens is 1. The van der Waals surface area contributed by atoms with Gasteiger partial charge in [0.05, 0.1) is 18.8 Å². The van der Waals surface area contributed by atoms with Gasteiger partial charge in [-0.2, -0.15) is 5.10 Å². The second kappa shape index (κ2) is 8.17. The highest BCUT2D eigenvalue weighted by Crippen LogP contribution is 2.44. The maximum atomic E-state index is 13.5. The molecule has 6 heteroatoms. The van der Waals surface area contributed by atoms with Crippen LogP contribution in [0.25, 0.3) is 11.3 Å². The number of carbonyl (C=O) groups excluding carboxylic acids is 1. The van der Waals surface area contributed by atoms with Crippen LogP contribution < -0.4 is 4.74 Å². The molecule has 0 saturated heterocycles. The zero-order chi connectivity index (χ0) is 22.2. The molecule has 1 atom stereocenters.